The van der Waals surface area contributed by atoms with Crippen molar-refractivity contribution in [3.05, 3.63) is 35.4 Å². The molecule has 0 bridgehead atoms. The van der Waals surface area contributed by atoms with Crippen molar-refractivity contribution >= 4 is 0 Å². The lowest BCUT2D eigenvalue weighted by atomic mass is 9.97. The summed E-state index contributed by atoms with van der Waals surface area (Å²) in [6.07, 6.45) is 0.394. The number of hydrogen-bond donors (Lipinski definition) is 3. The van der Waals surface area contributed by atoms with Crippen LogP contribution in [0.3, 0.4) is 0 Å². The maximum Gasteiger partial charge on any atom is 0.0854 e. The van der Waals surface area contributed by atoms with Crippen molar-refractivity contribution in [1.82, 2.24) is 0 Å². The molecular weight excluding hydrogens is 200 g/mol. The molecule has 5 N–H and O–H groups in total. The summed E-state index contributed by atoms with van der Waals surface area (Å²) in [5.41, 5.74) is 13.5. The van der Waals surface area contributed by atoms with E-state index in [1.54, 1.807) is 0 Å². The molecule has 0 aromatic heterocycles. The number of aliphatic hydroxyl groups is 1. The fourth-order valence-electron chi connectivity index (χ4n) is 1.72. The Morgan fingerprint density at radius 2 is 1.75 bits per heavy atom. The van der Waals surface area contributed by atoms with Crippen molar-refractivity contribution in [2.75, 3.05) is 6.54 Å². The molecule has 0 fully saturated rings. The molecule has 1 aromatic carbocycles. The standard InChI is InChI=1S/C13H22N2O/c1-9(2)7-10-3-5-11(6-4-10)13(15)12(16)8-14/h3-6,9,12-13,16H,7-8,14-15H2,1-2H3. The summed E-state index contributed by atoms with van der Waals surface area (Å²) in [5, 5.41) is 9.54. The predicted octanol–water partition coefficient (Wildman–Crippen LogP) is 1.20. The van der Waals surface area contributed by atoms with E-state index in [-0.39, 0.29) is 6.54 Å². The van der Waals surface area contributed by atoms with Gasteiger partial charge in [-0.25, -0.2) is 0 Å². The summed E-state index contributed by atoms with van der Waals surface area (Å²) >= 11 is 0. The van der Waals surface area contributed by atoms with Crippen LogP contribution < -0.4 is 11.5 Å². The molecule has 0 saturated heterocycles. The van der Waals surface area contributed by atoms with Gasteiger partial charge >= 0.3 is 0 Å². The maximum absolute atomic E-state index is 9.54. The minimum Gasteiger partial charge on any atom is -0.390 e. The second-order valence-electron chi connectivity index (χ2n) is 4.67. The third kappa shape index (κ3) is 3.59. The molecule has 3 nitrogen and oxygen atoms in total. The first-order valence-electron chi connectivity index (χ1n) is 5.77. The zero-order valence-corrected chi connectivity index (χ0v) is 10.1. The zero-order valence-electron chi connectivity index (χ0n) is 10.1. The smallest absolute Gasteiger partial charge is 0.0854 e. The van der Waals surface area contributed by atoms with Gasteiger partial charge in [0.25, 0.3) is 0 Å². The van der Waals surface area contributed by atoms with Gasteiger partial charge in [0.05, 0.1) is 12.1 Å². The summed E-state index contributed by atoms with van der Waals surface area (Å²) in [6.45, 7) is 4.57. The SMILES string of the molecule is CC(C)Cc1ccc(C(N)C(O)CN)cc1. The van der Waals surface area contributed by atoms with Crippen LogP contribution in [0.2, 0.25) is 0 Å². The molecule has 3 heteroatoms. The molecule has 0 aliphatic heterocycles. The lowest BCUT2D eigenvalue weighted by molar-refractivity contribution is 0.153. The summed E-state index contributed by atoms with van der Waals surface area (Å²) in [4.78, 5) is 0. The fraction of sp³-hybridized carbons (Fsp3) is 0.538. The van der Waals surface area contributed by atoms with E-state index in [1.807, 2.05) is 12.1 Å². The first kappa shape index (κ1) is 13.2. The fourth-order valence-corrected chi connectivity index (χ4v) is 1.72. The monoisotopic (exact) mass is 222 g/mol. The Kier molecular flexibility index (Phi) is 4.93. The van der Waals surface area contributed by atoms with Gasteiger partial charge in [-0.3, -0.25) is 0 Å². The van der Waals surface area contributed by atoms with Crippen LogP contribution in [0, 0.1) is 5.92 Å². The van der Waals surface area contributed by atoms with Gasteiger partial charge in [-0.15, -0.1) is 0 Å². The molecule has 0 aliphatic carbocycles. The molecule has 1 aromatic rings. The molecule has 0 amide bonds. The van der Waals surface area contributed by atoms with Crippen LogP contribution in [0.15, 0.2) is 24.3 Å². The first-order chi connectivity index (χ1) is 7.54. The Morgan fingerprint density at radius 3 is 2.19 bits per heavy atom. The lowest BCUT2D eigenvalue weighted by Gasteiger charge is -2.17. The molecule has 0 heterocycles. The highest BCUT2D eigenvalue weighted by Crippen LogP contribution is 2.16. The highest BCUT2D eigenvalue weighted by atomic mass is 16.3. The zero-order chi connectivity index (χ0) is 12.1. The quantitative estimate of drug-likeness (QED) is 0.701. The molecule has 2 atom stereocenters. The highest BCUT2D eigenvalue weighted by Gasteiger charge is 2.14. The van der Waals surface area contributed by atoms with Gasteiger partial charge in [0.2, 0.25) is 0 Å². The number of hydrogen-bond acceptors (Lipinski definition) is 3. The van der Waals surface area contributed by atoms with E-state index in [0.717, 1.165) is 12.0 Å². The molecule has 16 heavy (non-hydrogen) atoms. The average Bonchev–Trinajstić information content (AvgIpc) is 2.27. The van der Waals surface area contributed by atoms with Crippen molar-refractivity contribution in [1.29, 1.82) is 0 Å². The summed E-state index contributed by atoms with van der Waals surface area (Å²) < 4.78 is 0. The van der Waals surface area contributed by atoms with E-state index in [9.17, 15) is 5.11 Å². The van der Waals surface area contributed by atoms with Crippen LogP contribution in [0.5, 0.6) is 0 Å². The maximum atomic E-state index is 9.54. The Balaban J connectivity index is 2.70. The number of rotatable bonds is 5. The molecule has 2 unspecified atom stereocenters. The van der Waals surface area contributed by atoms with Gasteiger partial charge in [0.15, 0.2) is 0 Å². The summed E-state index contributed by atoms with van der Waals surface area (Å²) in [5.74, 6) is 0.647. The van der Waals surface area contributed by atoms with E-state index in [4.69, 9.17) is 11.5 Å². The van der Waals surface area contributed by atoms with Crippen molar-refractivity contribution in [2.24, 2.45) is 17.4 Å². The third-order valence-corrected chi connectivity index (χ3v) is 2.66. The minimum absolute atomic E-state index is 0.189. The van der Waals surface area contributed by atoms with E-state index in [0.29, 0.717) is 5.92 Å². The van der Waals surface area contributed by atoms with E-state index < -0.39 is 12.1 Å². The van der Waals surface area contributed by atoms with Crippen LogP contribution in [0.1, 0.15) is 31.0 Å². The molecule has 0 spiro atoms. The number of benzene rings is 1. The van der Waals surface area contributed by atoms with Crippen LogP contribution in [-0.2, 0) is 6.42 Å². The summed E-state index contributed by atoms with van der Waals surface area (Å²) in [7, 11) is 0. The normalized spacial score (nSPS) is 15.1. The van der Waals surface area contributed by atoms with Gasteiger partial charge in [-0.2, -0.15) is 0 Å². The van der Waals surface area contributed by atoms with Crippen LogP contribution in [-0.4, -0.2) is 17.8 Å². The Bertz CT molecular complexity index is 308. The van der Waals surface area contributed by atoms with E-state index >= 15 is 0 Å². The number of aliphatic hydroxyl groups excluding tert-OH is 1. The second kappa shape index (κ2) is 5.99. The topological polar surface area (TPSA) is 72.3 Å². The van der Waals surface area contributed by atoms with Gasteiger partial charge in [-0.05, 0) is 23.5 Å². The summed E-state index contributed by atoms with van der Waals surface area (Å²) in [6, 6.07) is 7.69. The van der Waals surface area contributed by atoms with Crippen LogP contribution in [0.25, 0.3) is 0 Å². The van der Waals surface area contributed by atoms with Crippen molar-refractivity contribution in [3.8, 4) is 0 Å². The van der Waals surface area contributed by atoms with E-state index in [2.05, 4.69) is 26.0 Å². The highest BCUT2D eigenvalue weighted by molar-refractivity contribution is 5.25. The van der Waals surface area contributed by atoms with Gasteiger partial charge in [0, 0.05) is 6.54 Å². The van der Waals surface area contributed by atoms with Gasteiger partial charge < -0.3 is 16.6 Å². The largest absolute Gasteiger partial charge is 0.390 e. The molecule has 0 aliphatic rings. The third-order valence-electron chi connectivity index (χ3n) is 2.66. The molecular formula is C13H22N2O. The Morgan fingerprint density at radius 1 is 1.19 bits per heavy atom. The Labute approximate surface area is 97.5 Å². The average molecular weight is 222 g/mol. The van der Waals surface area contributed by atoms with Gasteiger partial charge in [0.1, 0.15) is 0 Å². The molecule has 0 saturated carbocycles. The molecule has 0 radical (unpaired) electrons. The predicted molar refractivity (Wildman–Crippen MR) is 67.0 cm³/mol. The second-order valence-corrected chi connectivity index (χ2v) is 4.67. The van der Waals surface area contributed by atoms with Crippen LogP contribution in [0.4, 0.5) is 0 Å². The van der Waals surface area contributed by atoms with Crippen molar-refractivity contribution in [3.63, 3.8) is 0 Å². The lowest BCUT2D eigenvalue weighted by Crippen LogP contribution is -2.32. The van der Waals surface area contributed by atoms with Crippen molar-refractivity contribution < 1.29 is 5.11 Å². The van der Waals surface area contributed by atoms with Gasteiger partial charge in [-0.1, -0.05) is 38.1 Å². The first-order valence-corrected chi connectivity index (χ1v) is 5.77. The van der Waals surface area contributed by atoms with Crippen LogP contribution >= 0.6 is 0 Å². The number of nitrogens with two attached hydrogens (primary N) is 2. The van der Waals surface area contributed by atoms with Crippen molar-refractivity contribution in [2.45, 2.75) is 32.4 Å². The molecule has 90 valence electrons. The Hall–Kier alpha value is -0.900. The van der Waals surface area contributed by atoms with E-state index in [1.165, 1.54) is 5.56 Å². The minimum atomic E-state index is -0.670. The molecule has 1 rings (SSSR count).